The zero-order valence-electron chi connectivity index (χ0n) is 17.4. The molecule has 2 aromatic carbocycles. The van der Waals surface area contributed by atoms with Gasteiger partial charge in [0, 0.05) is 17.7 Å². The summed E-state index contributed by atoms with van der Waals surface area (Å²) in [5, 5.41) is 7.51. The fourth-order valence-electron chi connectivity index (χ4n) is 2.71. The summed E-state index contributed by atoms with van der Waals surface area (Å²) in [5.41, 5.74) is 1.50. The van der Waals surface area contributed by atoms with Gasteiger partial charge in [-0.15, -0.1) is 0 Å². The normalized spacial score (nSPS) is 11.9. The predicted molar refractivity (Wildman–Crippen MR) is 116 cm³/mol. The Morgan fingerprint density at radius 1 is 1.07 bits per heavy atom. The fourth-order valence-corrected chi connectivity index (χ4v) is 3.34. The van der Waals surface area contributed by atoms with E-state index in [1.165, 1.54) is 24.3 Å². The van der Waals surface area contributed by atoms with Crippen LogP contribution in [-0.2, 0) is 20.0 Å². The molecule has 0 saturated carbocycles. The third kappa shape index (κ3) is 5.27. The van der Waals surface area contributed by atoms with E-state index in [0.29, 0.717) is 11.6 Å². The van der Waals surface area contributed by atoms with Gasteiger partial charge in [-0.2, -0.15) is 5.10 Å². The quantitative estimate of drug-likeness (QED) is 0.649. The van der Waals surface area contributed by atoms with Crippen LogP contribution in [0, 0.1) is 0 Å². The highest BCUT2D eigenvalue weighted by Crippen LogP contribution is 2.26. The highest BCUT2D eigenvalue weighted by atomic mass is 32.2. The lowest BCUT2D eigenvalue weighted by Gasteiger charge is -2.14. The lowest BCUT2D eigenvalue weighted by molar-refractivity contribution is -0.118. The summed E-state index contributed by atoms with van der Waals surface area (Å²) in [6, 6.07) is 17.3. The number of benzene rings is 2. The standard InChI is InChI=1S/C22H25N3O4S/c1-22(2,3)19-14-20(25(24-19)16-8-6-5-7-9-16)23-21(26)15-29-17-10-12-18(13-11-17)30(4,27)28/h5-14H,15H2,1-4H3,(H,23,26). The van der Waals surface area contributed by atoms with E-state index in [2.05, 4.69) is 31.2 Å². The van der Waals surface area contributed by atoms with Crippen molar-refractivity contribution in [3.8, 4) is 11.4 Å². The van der Waals surface area contributed by atoms with E-state index >= 15 is 0 Å². The molecule has 30 heavy (non-hydrogen) atoms. The van der Waals surface area contributed by atoms with Crippen LogP contribution in [0.5, 0.6) is 5.75 Å². The van der Waals surface area contributed by atoms with Crippen LogP contribution >= 0.6 is 0 Å². The van der Waals surface area contributed by atoms with E-state index in [4.69, 9.17) is 4.74 Å². The van der Waals surface area contributed by atoms with Gasteiger partial charge in [-0.3, -0.25) is 4.79 Å². The van der Waals surface area contributed by atoms with Gasteiger partial charge < -0.3 is 10.1 Å². The van der Waals surface area contributed by atoms with Crippen LogP contribution in [-0.4, -0.2) is 37.0 Å². The highest BCUT2D eigenvalue weighted by Gasteiger charge is 2.21. The number of nitrogens with one attached hydrogen (secondary N) is 1. The van der Waals surface area contributed by atoms with Crippen LogP contribution in [0.4, 0.5) is 5.82 Å². The maximum absolute atomic E-state index is 12.5. The first kappa shape index (κ1) is 21.6. The van der Waals surface area contributed by atoms with Gasteiger partial charge in [-0.25, -0.2) is 13.1 Å². The summed E-state index contributed by atoms with van der Waals surface area (Å²) in [6.07, 6.45) is 1.14. The van der Waals surface area contributed by atoms with Gasteiger partial charge in [0.15, 0.2) is 16.4 Å². The summed E-state index contributed by atoms with van der Waals surface area (Å²) >= 11 is 0. The largest absolute Gasteiger partial charge is 0.484 e. The number of rotatable bonds is 6. The second-order valence-electron chi connectivity index (χ2n) is 7.99. The average molecular weight is 428 g/mol. The number of nitrogens with zero attached hydrogens (tertiary/aromatic N) is 2. The summed E-state index contributed by atoms with van der Waals surface area (Å²) in [6.45, 7) is 5.95. The molecule has 0 atom stereocenters. The third-order valence-corrected chi connectivity index (χ3v) is 5.50. The number of hydrogen-bond donors (Lipinski definition) is 1. The zero-order valence-corrected chi connectivity index (χ0v) is 18.2. The molecule has 158 valence electrons. The monoisotopic (exact) mass is 427 g/mol. The molecule has 1 N–H and O–H groups in total. The molecule has 0 saturated heterocycles. The first-order valence-electron chi connectivity index (χ1n) is 9.43. The molecular weight excluding hydrogens is 402 g/mol. The molecule has 1 aromatic heterocycles. The van der Waals surface area contributed by atoms with Gasteiger partial charge in [0.1, 0.15) is 11.6 Å². The van der Waals surface area contributed by atoms with Crippen molar-refractivity contribution in [2.24, 2.45) is 0 Å². The molecule has 0 bridgehead atoms. The number of carbonyl (C=O) groups is 1. The molecule has 0 aliphatic heterocycles. The highest BCUT2D eigenvalue weighted by molar-refractivity contribution is 7.90. The fraction of sp³-hybridized carbons (Fsp3) is 0.273. The molecule has 0 radical (unpaired) electrons. The molecule has 1 heterocycles. The Morgan fingerprint density at radius 3 is 2.27 bits per heavy atom. The first-order valence-corrected chi connectivity index (χ1v) is 11.3. The Hall–Kier alpha value is -3.13. The smallest absolute Gasteiger partial charge is 0.263 e. The van der Waals surface area contributed by atoms with Crippen molar-refractivity contribution in [3.63, 3.8) is 0 Å². The molecule has 7 nitrogen and oxygen atoms in total. The van der Waals surface area contributed by atoms with Crippen LogP contribution in [0.3, 0.4) is 0 Å². The topological polar surface area (TPSA) is 90.3 Å². The molecule has 0 aliphatic rings. The van der Waals surface area contributed by atoms with Crippen molar-refractivity contribution in [1.29, 1.82) is 0 Å². The van der Waals surface area contributed by atoms with Gasteiger partial charge in [-0.05, 0) is 36.4 Å². The van der Waals surface area contributed by atoms with Gasteiger partial charge in [0.25, 0.3) is 5.91 Å². The van der Waals surface area contributed by atoms with E-state index in [9.17, 15) is 13.2 Å². The predicted octanol–water partition coefficient (Wildman–Crippen LogP) is 3.59. The van der Waals surface area contributed by atoms with Crippen LogP contribution < -0.4 is 10.1 Å². The van der Waals surface area contributed by atoms with E-state index < -0.39 is 9.84 Å². The van der Waals surface area contributed by atoms with Crippen LogP contribution in [0.15, 0.2) is 65.6 Å². The maximum Gasteiger partial charge on any atom is 0.263 e. The van der Waals surface area contributed by atoms with Crippen LogP contribution in [0.25, 0.3) is 5.69 Å². The summed E-state index contributed by atoms with van der Waals surface area (Å²) in [5.74, 6) is 0.608. The number of sulfone groups is 1. The summed E-state index contributed by atoms with van der Waals surface area (Å²) < 4.78 is 30.2. The van der Waals surface area contributed by atoms with E-state index in [1.54, 1.807) is 4.68 Å². The minimum absolute atomic E-state index is 0.183. The Bertz CT molecular complexity index is 1130. The van der Waals surface area contributed by atoms with Crippen LogP contribution in [0.1, 0.15) is 26.5 Å². The average Bonchev–Trinajstić information content (AvgIpc) is 3.11. The number of ether oxygens (including phenoxy) is 1. The Labute approximate surface area is 176 Å². The third-order valence-electron chi connectivity index (χ3n) is 4.37. The number of aromatic nitrogens is 2. The number of carbonyl (C=O) groups excluding carboxylic acids is 1. The molecule has 0 fully saturated rings. The lowest BCUT2D eigenvalue weighted by Crippen LogP contribution is -2.21. The Kier molecular flexibility index (Phi) is 5.98. The van der Waals surface area contributed by atoms with Crippen molar-refractivity contribution in [2.75, 3.05) is 18.2 Å². The number of hydrogen-bond acceptors (Lipinski definition) is 5. The van der Waals surface area contributed by atoms with Crippen LogP contribution in [0.2, 0.25) is 0 Å². The van der Waals surface area contributed by atoms with Gasteiger partial charge >= 0.3 is 0 Å². The number of anilines is 1. The summed E-state index contributed by atoms with van der Waals surface area (Å²) in [4.78, 5) is 12.7. The second-order valence-corrected chi connectivity index (χ2v) is 10.0. The second kappa shape index (κ2) is 8.31. The molecule has 0 unspecified atom stereocenters. The molecular formula is C22H25N3O4S. The van der Waals surface area contributed by atoms with Crippen molar-refractivity contribution in [1.82, 2.24) is 9.78 Å². The molecule has 0 spiro atoms. The van der Waals surface area contributed by atoms with Gasteiger partial charge in [0.2, 0.25) is 0 Å². The summed E-state index contributed by atoms with van der Waals surface area (Å²) in [7, 11) is -3.28. The maximum atomic E-state index is 12.5. The van der Waals surface area contributed by atoms with E-state index in [1.807, 2.05) is 36.4 Å². The minimum Gasteiger partial charge on any atom is -0.484 e. The van der Waals surface area contributed by atoms with E-state index in [-0.39, 0.29) is 22.8 Å². The van der Waals surface area contributed by atoms with Crippen molar-refractivity contribution in [3.05, 3.63) is 66.4 Å². The number of para-hydroxylation sites is 1. The molecule has 3 rings (SSSR count). The molecule has 1 amide bonds. The molecule has 3 aromatic rings. The van der Waals surface area contributed by atoms with Gasteiger partial charge in [0.05, 0.1) is 16.3 Å². The Balaban J connectivity index is 1.74. The lowest BCUT2D eigenvalue weighted by atomic mass is 9.92. The molecule has 8 heteroatoms. The Morgan fingerprint density at radius 2 is 1.70 bits per heavy atom. The number of amides is 1. The SMILES string of the molecule is CC(C)(C)c1cc(NC(=O)COc2ccc(S(C)(=O)=O)cc2)n(-c2ccccc2)n1. The molecule has 0 aliphatic carbocycles. The zero-order chi connectivity index (χ0) is 21.9. The van der Waals surface area contributed by atoms with Crippen molar-refractivity contribution >= 4 is 21.6 Å². The van der Waals surface area contributed by atoms with Gasteiger partial charge in [-0.1, -0.05) is 39.0 Å². The van der Waals surface area contributed by atoms with E-state index in [0.717, 1.165) is 17.6 Å². The van der Waals surface area contributed by atoms with Crippen molar-refractivity contribution < 1.29 is 17.9 Å². The van der Waals surface area contributed by atoms with Crippen molar-refractivity contribution in [2.45, 2.75) is 31.1 Å². The minimum atomic E-state index is -3.28. The first-order chi connectivity index (χ1) is 14.0.